The maximum Gasteiger partial charge on any atom is 0.271 e. The van der Waals surface area contributed by atoms with Crippen LogP contribution in [0.15, 0.2) is 87.3 Å². The number of benzene rings is 3. The first-order chi connectivity index (χ1) is 13.8. The van der Waals surface area contributed by atoms with Gasteiger partial charge in [0.05, 0.1) is 11.1 Å². The molecule has 7 nitrogen and oxygen atoms in total. The minimum Gasteiger partial charge on any atom is -0.507 e. The van der Waals surface area contributed by atoms with E-state index in [1.165, 1.54) is 48.7 Å². The van der Waals surface area contributed by atoms with Crippen LogP contribution < -0.4 is 10.1 Å². The Morgan fingerprint density at radius 1 is 1.00 bits per heavy atom. The Labute approximate surface area is 176 Å². The summed E-state index contributed by atoms with van der Waals surface area (Å²) in [6, 6.07) is 18.7. The highest BCUT2D eigenvalue weighted by Gasteiger charge is 2.13. The number of anilines is 1. The van der Waals surface area contributed by atoms with Gasteiger partial charge in [-0.05, 0) is 54.6 Å². The van der Waals surface area contributed by atoms with Gasteiger partial charge < -0.3 is 5.11 Å². The number of amides is 1. The van der Waals surface area contributed by atoms with Crippen molar-refractivity contribution in [3.8, 4) is 5.75 Å². The number of hydrogen-bond acceptors (Lipinski definition) is 5. The first-order valence-corrected chi connectivity index (χ1v) is 10.6. The number of carbonyl (C=O) groups is 1. The van der Waals surface area contributed by atoms with Crippen molar-refractivity contribution in [1.29, 1.82) is 0 Å². The van der Waals surface area contributed by atoms with Crippen LogP contribution in [0.25, 0.3) is 0 Å². The molecule has 0 aliphatic heterocycles. The minimum absolute atomic E-state index is 0.0289. The van der Waals surface area contributed by atoms with E-state index >= 15 is 0 Å². The van der Waals surface area contributed by atoms with Crippen LogP contribution in [-0.4, -0.2) is 25.6 Å². The molecule has 3 N–H and O–H groups in total. The molecule has 148 valence electrons. The number of nitrogens with zero attached hydrogens (tertiary/aromatic N) is 1. The molecule has 3 rings (SSSR count). The van der Waals surface area contributed by atoms with Gasteiger partial charge in [0.15, 0.2) is 0 Å². The van der Waals surface area contributed by atoms with Crippen LogP contribution in [0, 0.1) is 0 Å². The summed E-state index contributed by atoms with van der Waals surface area (Å²) in [7, 11) is -3.70. The largest absolute Gasteiger partial charge is 0.507 e. The molecule has 0 aromatic heterocycles. The summed E-state index contributed by atoms with van der Waals surface area (Å²) in [5.74, 6) is -0.450. The summed E-state index contributed by atoms with van der Waals surface area (Å²) < 4.78 is 27.8. The number of hydrazone groups is 1. The lowest BCUT2D eigenvalue weighted by Gasteiger charge is -2.08. The number of carbonyl (C=O) groups excluding carboxylic acids is 1. The third kappa shape index (κ3) is 5.43. The second kappa shape index (κ2) is 8.89. The lowest BCUT2D eigenvalue weighted by atomic mass is 10.2. The van der Waals surface area contributed by atoms with E-state index in [-0.39, 0.29) is 10.6 Å². The van der Waals surface area contributed by atoms with Crippen LogP contribution in [-0.2, 0) is 10.0 Å². The van der Waals surface area contributed by atoms with Gasteiger partial charge in [-0.1, -0.05) is 34.1 Å². The smallest absolute Gasteiger partial charge is 0.271 e. The standard InChI is InChI=1S/C20H16BrN3O4S/c21-16-8-11-19(25)15(12-16)13-22-23-20(26)14-6-9-17(10-7-14)24-29(27,28)18-4-2-1-3-5-18/h1-13,24-25H,(H,23,26). The van der Waals surface area contributed by atoms with Gasteiger partial charge in [0, 0.05) is 21.3 Å². The average molecular weight is 474 g/mol. The Kier molecular flexibility index (Phi) is 6.30. The van der Waals surface area contributed by atoms with E-state index in [0.717, 1.165) is 4.47 Å². The summed E-state index contributed by atoms with van der Waals surface area (Å²) in [6.07, 6.45) is 1.32. The lowest BCUT2D eigenvalue weighted by molar-refractivity contribution is 0.0955. The molecule has 0 unspecified atom stereocenters. The van der Waals surface area contributed by atoms with Crippen molar-refractivity contribution >= 4 is 43.8 Å². The first kappa shape index (κ1) is 20.6. The Balaban J connectivity index is 1.64. The summed E-state index contributed by atoms with van der Waals surface area (Å²) in [4.78, 5) is 12.3. The third-order valence-electron chi connectivity index (χ3n) is 3.81. The normalized spacial score (nSPS) is 11.3. The number of rotatable bonds is 6. The molecule has 0 radical (unpaired) electrons. The summed E-state index contributed by atoms with van der Waals surface area (Å²) in [5.41, 5.74) is 3.41. The van der Waals surface area contributed by atoms with Gasteiger partial charge in [-0.2, -0.15) is 5.10 Å². The Morgan fingerprint density at radius 3 is 2.38 bits per heavy atom. The van der Waals surface area contributed by atoms with Crippen LogP contribution in [0.3, 0.4) is 0 Å². The molecule has 29 heavy (non-hydrogen) atoms. The second-order valence-corrected chi connectivity index (χ2v) is 8.50. The zero-order chi connectivity index (χ0) is 20.9. The number of phenolic OH excluding ortho intramolecular Hbond substituents is 1. The summed E-state index contributed by atoms with van der Waals surface area (Å²) in [5, 5.41) is 13.6. The van der Waals surface area contributed by atoms with Crippen molar-refractivity contribution in [1.82, 2.24) is 5.43 Å². The molecule has 0 saturated heterocycles. The molecule has 0 spiro atoms. The van der Waals surface area contributed by atoms with E-state index in [2.05, 4.69) is 31.2 Å². The lowest BCUT2D eigenvalue weighted by Crippen LogP contribution is -2.18. The van der Waals surface area contributed by atoms with E-state index in [0.29, 0.717) is 16.8 Å². The zero-order valence-electron chi connectivity index (χ0n) is 14.9. The monoisotopic (exact) mass is 473 g/mol. The zero-order valence-corrected chi connectivity index (χ0v) is 17.3. The van der Waals surface area contributed by atoms with Crippen LogP contribution in [0.1, 0.15) is 15.9 Å². The molecule has 3 aromatic carbocycles. The number of hydrogen-bond donors (Lipinski definition) is 3. The van der Waals surface area contributed by atoms with Gasteiger partial charge in [0.25, 0.3) is 15.9 Å². The van der Waals surface area contributed by atoms with Crippen molar-refractivity contribution in [2.24, 2.45) is 5.10 Å². The van der Waals surface area contributed by atoms with Crippen LogP contribution in [0.4, 0.5) is 5.69 Å². The SMILES string of the molecule is O=C(NN=Cc1cc(Br)ccc1O)c1ccc(NS(=O)(=O)c2ccccc2)cc1. The van der Waals surface area contributed by atoms with Crippen molar-refractivity contribution in [3.63, 3.8) is 0 Å². The molecule has 9 heteroatoms. The fourth-order valence-electron chi connectivity index (χ4n) is 2.36. The molecular formula is C20H16BrN3O4S. The molecule has 0 heterocycles. The van der Waals surface area contributed by atoms with Gasteiger partial charge in [0.2, 0.25) is 0 Å². The Bertz CT molecular complexity index is 1150. The van der Waals surface area contributed by atoms with Crippen molar-refractivity contribution in [3.05, 3.63) is 88.4 Å². The van der Waals surface area contributed by atoms with Crippen LogP contribution in [0.2, 0.25) is 0 Å². The van der Waals surface area contributed by atoms with Crippen molar-refractivity contribution < 1.29 is 18.3 Å². The van der Waals surface area contributed by atoms with Gasteiger partial charge in [-0.15, -0.1) is 0 Å². The number of halogens is 1. The minimum atomic E-state index is -3.70. The number of aromatic hydroxyl groups is 1. The van der Waals surface area contributed by atoms with E-state index in [9.17, 15) is 18.3 Å². The van der Waals surface area contributed by atoms with E-state index < -0.39 is 15.9 Å². The fraction of sp³-hybridized carbons (Fsp3) is 0. The topological polar surface area (TPSA) is 108 Å². The van der Waals surface area contributed by atoms with Gasteiger partial charge in [0.1, 0.15) is 5.75 Å². The molecule has 0 atom stereocenters. The maximum absolute atomic E-state index is 12.3. The predicted octanol–water partition coefficient (Wildman–Crippen LogP) is 3.72. The van der Waals surface area contributed by atoms with Gasteiger partial charge in [-0.3, -0.25) is 9.52 Å². The fourth-order valence-corrected chi connectivity index (χ4v) is 3.82. The van der Waals surface area contributed by atoms with Crippen molar-refractivity contribution in [2.45, 2.75) is 4.90 Å². The molecule has 0 bridgehead atoms. The number of sulfonamides is 1. The molecule has 0 aliphatic rings. The summed E-state index contributed by atoms with van der Waals surface area (Å²) in [6.45, 7) is 0. The number of phenols is 1. The quantitative estimate of drug-likeness (QED) is 0.374. The van der Waals surface area contributed by atoms with E-state index in [4.69, 9.17) is 0 Å². The average Bonchev–Trinajstić information content (AvgIpc) is 2.71. The molecular weight excluding hydrogens is 458 g/mol. The molecule has 1 amide bonds. The molecule has 0 fully saturated rings. The maximum atomic E-state index is 12.3. The van der Waals surface area contributed by atoms with Crippen LogP contribution >= 0.6 is 15.9 Å². The molecule has 0 saturated carbocycles. The summed E-state index contributed by atoms with van der Waals surface area (Å²) >= 11 is 3.29. The Morgan fingerprint density at radius 2 is 1.69 bits per heavy atom. The third-order valence-corrected chi connectivity index (χ3v) is 5.70. The van der Waals surface area contributed by atoms with Crippen LogP contribution in [0.5, 0.6) is 5.75 Å². The van der Waals surface area contributed by atoms with E-state index in [1.807, 2.05) is 0 Å². The van der Waals surface area contributed by atoms with Gasteiger partial charge in [-0.25, -0.2) is 13.8 Å². The molecule has 0 aliphatic carbocycles. The molecule has 3 aromatic rings. The second-order valence-electron chi connectivity index (χ2n) is 5.90. The highest BCUT2D eigenvalue weighted by Crippen LogP contribution is 2.20. The van der Waals surface area contributed by atoms with Crippen molar-refractivity contribution in [2.75, 3.05) is 4.72 Å². The van der Waals surface area contributed by atoms with Gasteiger partial charge >= 0.3 is 0 Å². The predicted molar refractivity (Wildman–Crippen MR) is 115 cm³/mol. The first-order valence-electron chi connectivity index (χ1n) is 8.35. The Hall–Kier alpha value is -3.17. The number of nitrogens with one attached hydrogen (secondary N) is 2. The van der Waals surface area contributed by atoms with E-state index in [1.54, 1.807) is 30.3 Å². The highest BCUT2D eigenvalue weighted by atomic mass is 79.9. The highest BCUT2D eigenvalue weighted by molar-refractivity contribution is 9.10.